The van der Waals surface area contributed by atoms with E-state index >= 15 is 0 Å². The summed E-state index contributed by atoms with van der Waals surface area (Å²) in [5.74, 6) is 1.25. The topological polar surface area (TPSA) is 76.8 Å². The van der Waals surface area contributed by atoms with Crippen LogP contribution in [0.1, 0.15) is 49.0 Å². The van der Waals surface area contributed by atoms with Gasteiger partial charge in [0.1, 0.15) is 11.5 Å². The van der Waals surface area contributed by atoms with E-state index < -0.39 is 0 Å². The number of carbonyl (C=O) groups is 1. The van der Waals surface area contributed by atoms with Crippen LogP contribution in [0.5, 0.6) is 0 Å². The molecule has 1 atom stereocenters. The first-order chi connectivity index (χ1) is 11.6. The van der Waals surface area contributed by atoms with Gasteiger partial charge in [0, 0.05) is 31.7 Å². The predicted octanol–water partition coefficient (Wildman–Crippen LogP) is 2.01. The summed E-state index contributed by atoms with van der Waals surface area (Å²) in [4.78, 5) is 16.7. The fourth-order valence-electron chi connectivity index (χ4n) is 3.04. The summed E-state index contributed by atoms with van der Waals surface area (Å²) in [6, 6.07) is 2.12. The molecule has 2 aromatic rings. The lowest BCUT2D eigenvalue weighted by atomic mass is 10.1. The molecule has 7 nitrogen and oxygen atoms in total. The van der Waals surface area contributed by atoms with Crippen molar-refractivity contribution in [1.82, 2.24) is 30.0 Å². The monoisotopic (exact) mass is 366 g/mol. The van der Waals surface area contributed by atoms with Crippen LogP contribution in [-0.4, -0.2) is 38.3 Å². The number of hydrogen-bond acceptors (Lipinski definition) is 4. The maximum absolute atomic E-state index is 12.3. The Morgan fingerprint density at radius 1 is 1.44 bits per heavy atom. The molecule has 1 aliphatic heterocycles. The van der Waals surface area contributed by atoms with Crippen molar-refractivity contribution in [3.05, 3.63) is 36.2 Å². The third kappa shape index (κ3) is 5.06. The summed E-state index contributed by atoms with van der Waals surface area (Å²) < 4.78 is 3.98. The van der Waals surface area contributed by atoms with Gasteiger partial charge in [-0.1, -0.05) is 13.8 Å². The SMILES string of the molecule is CC(C)Cn1ccnc1CNC(=O)c1ccn(C2CCCNC2)n1.Cl. The lowest BCUT2D eigenvalue weighted by molar-refractivity contribution is 0.0943. The highest BCUT2D eigenvalue weighted by Gasteiger charge is 2.18. The summed E-state index contributed by atoms with van der Waals surface area (Å²) in [6.45, 7) is 7.61. The van der Waals surface area contributed by atoms with Crippen LogP contribution in [0, 0.1) is 5.92 Å². The van der Waals surface area contributed by atoms with Gasteiger partial charge in [0.05, 0.1) is 12.6 Å². The Morgan fingerprint density at radius 3 is 3.00 bits per heavy atom. The standard InChI is InChI=1S/C17H26N6O.ClH/c1-13(2)12-22-9-7-19-16(22)11-20-17(24)15-5-8-23(21-15)14-4-3-6-18-10-14;/h5,7-9,13-14,18H,3-4,6,10-12H2,1-2H3,(H,20,24);1H. The molecule has 0 aliphatic carbocycles. The van der Waals surface area contributed by atoms with E-state index in [2.05, 4.69) is 39.1 Å². The molecule has 1 aliphatic rings. The average molecular weight is 367 g/mol. The van der Waals surface area contributed by atoms with Gasteiger partial charge < -0.3 is 15.2 Å². The normalized spacial score (nSPS) is 17.3. The molecular weight excluding hydrogens is 340 g/mol. The van der Waals surface area contributed by atoms with Crippen molar-refractivity contribution in [3.63, 3.8) is 0 Å². The Bertz CT molecular complexity index is 674. The molecule has 2 aromatic heterocycles. The van der Waals surface area contributed by atoms with Gasteiger partial charge in [-0.2, -0.15) is 5.10 Å². The summed E-state index contributed by atoms with van der Waals surface area (Å²) in [5.41, 5.74) is 0.461. The molecule has 0 spiro atoms. The second-order valence-corrected chi connectivity index (χ2v) is 6.75. The Morgan fingerprint density at radius 2 is 2.28 bits per heavy atom. The number of hydrogen-bond donors (Lipinski definition) is 2. The number of aromatic nitrogens is 4. The highest BCUT2D eigenvalue weighted by atomic mass is 35.5. The summed E-state index contributed by atoms with van der Waals surface area (Å²) in [7, 11) is 0. The zero-order valence-electron chi connectivity index (χ0n) is 14.8. The molecule has 0 radical (unpaired) electrons. The van der Waals surface area contributed by atoms with Gasteiger partial charge in [-0.05, 0) is 31.4 Å². The van der Waals surface area contributed by atoms with E-state index in [-0.39, 0.29) is 18.3 Å². The number of nitrogens with one attached hydrogen (secondary N) is 2. The number of carbonyl (C=O) groups excluding carboxylic acids is 1. The maximum Gasteiger partial charge on any atom is 0.272 e. The van der Waals surface area contributed by atoms with E-state index in [1.54, 1.807) is 12.3 Å². The van der Waals surface area contributed by atoms with Gasteiger partial charge in [0.15, 0.2) is 0 Å². The molecule has 1 unspecified atom stereocenters. The second-order valence-electron chi connectivity index (χ2n) is 6.75. The van der Waals surface area contributed by atoms with E-state index in [0.717, 1.165) is 38.3 Å². The molecular formula is C17H27ClN6O. The minimum Gasteiger partial charge on any atom is -0.343 e. The highest BCUT2D eigenvalue weighted by Crippen LogP contribution is 2.15. The van der Waals surface area contributed by atoms with Crippen LogP contribution in [0.2, 0.25) is 0 Å². The molecule has 1 amide bonds. The number of rotatable bonds is 6. The summed E-state index contributed by atoms with van der Waals surface area (Å²) >= 11 is 0. The molecule has 3 heterocycles. The van der Waals surface area contributed by atoms with Crippen LogP contribution >= 0.6 is 12.4 Å². The third-order valence-electron chi connectivity index (χ3n) is 4.26. The van der Waals surface area contributed by atoms with Gasteiger partial charge in [-0.25, -0.2) is 4.98 Å². The molecule has 0 aromatic carbocycles. The van der Waals surface area contributed by atoms with E-state index in [4.69, 9.17) is 0 Å². The fraction of sp³-hybridized carbons (Fsp3) is 0.588. The van der Waals surface area contributed by atoms with E-state index in [1.807, 2.05) is 17.1 Å². The predicted molar refractivity (Wildman–Crippen MR) is 98.9 cm³/mol. The number of nitrogens with zero attached hydrogens (tertiary/aromatic N) is 4. The van der Waals surface area contributed by atoms with Crippen LogP contribution in [0.4, 0.5) is 0 Å². The molecule has 2 N–H and O–H groups in total. The van der Waals surface area contributed by atoms with Gasteiger partial charge in [-0.15, -0.1) is 12.4 Å². The van der Waals surface area contributed by atoms with Gasteiger partial charge in [-0.3, -0.25) is 9.48 Å². The average Bonchev–Trinajstić information content (AvgIpc) is 3.22. The first-order valence-electron chi connectivity index (χ1n) is 8.67. The van der Waals surface area contributed by atoms with Crippen molar-refractivity contribution < 1.29 is 4.79 Å². The van der Waals surface area contributed by atoms with Crippen molar-refractivity contribution in [2.45, 2.75) is 45.8 Å². The molecule has 3 rings (SSSR count). The summed E-state index contributed by atoms with van der Waals surface area (Å²) in [5, 5.41) is 10.7. The van der Waals surface area contributed by atoms with Gasteiger partial charge in [0.2, 0.25) is 0 Å². The maximum atomic E-state index is 12.3. The lowest BCUT2D eigenvalue weighted by Crippen LogP contribution is -2.32. The molecule has 0 saturated carbocycles. The number of amides is 1. The molecule has 0 bridgehead atoms. The highest BCUT2D eigenvalue weighted by molar-refractivity contribution is 5.92. The van der Waals surface area contributed by atoms with Crippen LogP contribution in [0.3, 0.4) is 0 Å². The molecule has 138 valence electrons. The van der Waals surface area contributed by atoms with Crippen molar-refractivity contribution in [3.8, 4) is 0 Å². The Kier molecular flexibility index (Phi) is 7.01. The Hall–Kier alpha value is -1.86. The minimum atomic E-state index is -0.156. The zero-order chi connectivity index (χ0) is 16.9. The zero-order valence-corrected chi connectivity index (χ0v) is 15.6. The van der Waals surface area contributed by atoms with Gasteiger partial charge in [0.25, 0.3) is 5.91 Å². The third-order valence-corrected chi connectivity index (χ3v) is 4.26. The van der Waals surface area contributed by atoms with E-state index in [9.17, 15) is 4.79 Å². The molecule has 8 heteroatoms. The quantitative estimate of drug-likeness (QED) is 0.819. The molecule has 1 saturated heterocycles. The Balaban J connectivity index is 0.00000225. The number of imidazole rings is 1. The van der Waals surface area contributed by atoms with Crippen molar-refractivity contribution in [1.29, 1.82) is 0 Å². The van der Waals surface area contributed by atoms with E-state index in [0.29, 0.717) is 24.2 Å². The smallest absolute Gasteiger partial charge is 0.272 e. The lowest BCUT2D eigenvalue weighted by Gasteiger charge is -2.22. The fourth-order valence-corrected chi connectivity index (χ4v) is 3.04. The van der Waals surface area contributed by atoms with Crippen LogP contribution < -0.4 is 10.6 Å². The van der Waals surface area contributed by atoms with Crippen LogP contribution in [-0.2, 0) is 13.1 Å². The Labute approximate surface area is 154 Å². The molecule has 1 fully saturated rings. The minimum absolute atomic E-state index is 0. The number of piperidine rings is 1. The van der Waals surface area contributed by atoms with Crippen molar-refractivity contribution >= 4 is 18.3 Å². The van der Waals surface area contributed by atoms with Crippen molar-refractivity contribution in [2.75, 3.05) is 13.1 Å². The van der Waals surface area contributed by atoms with Crippen molar-refractivity contribution in [2.24, 2.45) is 5.92 Å². The van der Waals surface area contributed by atoms with Crippen LogP contribution in [0.25, 0.3) is 0 Å². The van der Waals surface area contributed by atoms with E-state index in [1.165, 1.54) is 0 Å². The van der Waals surface area contributed by atoms with Gasteiger partial charge >= 0.3 is 0 Å². The largest absolute Gasteiger partial charge is 0.343 e. The first kappa shape index (κ1) is 19.5. The number of halogens is 1. The first-order valence-corrected chi connectivity index (χ1v) is 8.67. The molecule has 25 heavy (non-hydrogen) atoms. The van der Waals surface area contributed by atoms with Crippen LogP contribution in [0.15, 0.2) is 24.7 Å². The second kappa shape index (κ2) is 9.01. The summed E-state index contributed by atoms with van der Waals surface area (Å²) in [6.07, 6.45) is 7.86.